The van der Waals surface area contributed by atoms with Crippen molar-refractivity contribution in [2.75, 3.05) is 18.0 Å². The van der Waals surface area contributed by atoms with Crippen molar-refractivity contribution in [2.24, 2.45) is 0 Å². The molecule has 3 aromatic rings. The largest absolute Gasteiger partial charge is 0.496 e. The number of halogens is 2. The maximum atomic E-state index is 14.2. The fourth-order valence-electron chi connectivity index (χ4n) is 5.25. The van der Waals surface area contributed by atoms with Crippen molar-refractivity contribution in [3.8, 4) is 5.75 Å². The first kappa shape index (κ1) is 32.8. The molecule has 0 saturated heterocycles. The average molecular weight is 691 g/mol. The average Bonchev–Trinajstić information content (AvgIpc) is 3.50. The number of methoxy groups -OCH3 is 1. The first-order chi connectivity index (χ1) is 20.5. The minimum atomic E-state index is -4.21. The third kappa shape index (κ3) is 8.10. The molecule has 2 amide bonds. The molecule has 1 fully saturated rings. The van der Waals surface area contributed by atoms with Crippen LogP contribution in [0.2, 0.25) is 5.02 Å². The zero-order chi connectivity index (χ0) is 31.1. The number of benzene rings is 3. The molecule has 0 bridgehead atoms. The minimum Gasteiger partial charge on any atom is -0.496 e. The Kier molecular flexibility index (Phi) is 11.1. The topological polar surface area (TPSA) is 96.0 Å². The van der Waals surface area contributed by atoms with E-state index in [0.717, 1.165) is 41.1 Å². The van der Waals surface area contributed by atoms with Crippen LogP contribution in [-0.4, -0.2) is 50.9 Å². The predicted octanol–water partition coefficient (Wildman–Crippen LogP) is 6.48. The summed E-state index contributed by atoms with van der Waals surface area (Å²) in [5, 5.41) is 3.67. The van der Waals surface area contributed by atoms with Crippen molar-refractivity contribution in [3.63, 3.8) is 0 Å². The Hall–Kier alpha value is -3.08. The van der Waals surface area contributed by atoms with Gasteiger partial charge in [0.2, 0.25) is 11.8 Å². The zero-order valence-electron chi connectivity index (χ0n) is 24.6. The predicted molar refractivity (Wildman–Crippen MR) is 173 cm³/mol. The molecule has 11 heteroatoms. The van der Waals surface area contributed by atoms with Gasteiger partial charge in [0.25, 0.3) is 10.0 Å². The van der Waals surface area contributed by atoms with Crippen molar-refractivity contribution in [1.82, 2.24) is 10.2 Å². The molecule has 1 atom stereocenters. The van der Waals surface area contributed by atoms with Crippen molar-refractivity contribution >= 4 is 55.1 Å². The van der Waals surface area contributed by atoms with Crippen LogP contribution in [-0.2, 0) is 26.2 Å². The van der Waals surface area contributed by atoms with Crippen LogP contribution < -0.4 is 14.4 Å². The van der Waals surface area contributed by atoms with Gasteiger partial charge in [0.05, 0.1) is 22.2 Å². The van der Waals surface area contributed by atoms with E-state index in [1.54, 1.807) is 54.6 Å². The van der Waals surface area contributed by atoms with Crippen LogP contribution in [0.1, 0.15) is 50.2 Å². The van der Waals surface area contributed by atoms with Gasteiger partial charge in [0.15, 0.2) is 0 Å². The minimum absolute atomic E-state index is 0.0104. The van der Waals surface area contributed by atoms with Crippen molar-refractivity contribution in [2.45, 2.75) is 69.5 Å². The standard InChI is InChI=1S/C32H37BrClN3O5S/c1-4-29(32(39)35-25-7-5-6-8-25)36(20-23-11-13-24(34)14-12-23)31(38)21-37(26-15-9-22(2)10-16-26)43(40,41)27-17-18-30(42-3)28(33)19-27/h9-19,25,29H,4-8,20-21H2,1-3H3,(H,35,39)/t29-/m0/s1. The number of hydrogen-bond acceptors (Lipinski definition) is 5. The van der Waals surface area contributed by atoms with Crippen molar-refractivity contribution in [1.29, 1.82) is 0 Å². The lowest BCUT2D eigenvalue weighted by atomic mass is 10.1. The van der Waals surface area contributed by atoms with Crippen LogP contribution in [0.4, 0.5) is 5.69 Å². The molecule has 0 aromatic heterocycles. The highest BCUT2D eigenvalue weighted by Gasteiger charge is 2.34. The first-order valence-corrected chi connectivity index (χ1v) is 16.9. The molecule has 43 heavy (non-hydrogen) atoms. The molecule has 3 aromatic carbocycles. The lowest BCUT2D eigenvalue weighted by molar-refractivity contribution is -0.140. The summed E-state index contributed by atoms with van der Waals surface area (Å²) >= 11 is 9.48. The highest BCUT2D eigenvalue weighted by molar-refractivity contribution is 9.10. The van der Waals surface area contributed by atoms with Crippen LogP contribution in [0.5, 0.6) is 5.75 Å². The van der Waals surface area contributed by atoms with Crippen LogP contribution in [0.15, 0.2) is 76.1 Å². The zero-order valence-corrected chi connectivity index (χ0v) is 27.7. The van der Waals surface area contributed by atoms with Gasteiger partial charge in [-0.2, -0.15) is 0 Å². The number of aryl methyl sites for hydroxylation is 1. The molecule has 0 spiro atoms. The fourth-order valence-corrected chi connectivity index (χ4v) is 7.51. The van der Waals surface area contributed by atoms with Gasteiger partial charge in [-0.25, -0.2) is 8.42 Å². The van der Waals surface area contributed by atoms with E-state index in [1.807, 2.05) is 13.8 Å². The van der Waals surface area contributed by atoms with Gasteiger partial charge in [-0.05, 0) is 90.1 Å². The van der Waals surface area contributed by atoms with Gasteiger partial charge in [-0.1, -0.05) is 61.2 Å². The Morgan fingerprint density at radius 3 is 2.28 bits per heavy atom. The van der Waals surface area contributed by atoms with Crippen LogP contribution in [0, 0.1) is 6.92 Å². The summed E-state index contributed by atoms with van der Waals surface area (Å²) in [5.74, 6) is -0.259. The molecule has 1 N–H and O–H groups in total. The summed E-state index contributed by atoms with van der Waals surface area (Å²) in [4.78, 5) is 29.3. The molecule has 1 aliphatic carbocycles. The number of amides is 2. The van der Waals surface area contributed by atoms with Crippen molar-refractivity contribution in [3.05, 3.63) is 87.4 Å². The van der Waals surface area contributed by atoms with Gasteiger partial charge in [0, 0.05) is 17.6 Å². The molecule has 4 rings (SSSR count). The van der Waals surface area contributed by atoms with E-state index in [4.69, 9.17) is 16.3 Å². The van der Waals surface area contributed by atoms with Gasteiger partial charge < -0.3 is 15.0 Å². The number of nitrogens with one attached hydrogen (secondary N) is 1. The third-order valence-corrected chi connectivity index (χ3v) is 10.3. The summed E-state index contributed by atoms with van der Waals surface area (Å²) in [7, 11) is -2.72. The number of ether oxygens (including phenoxy) is 1. The van der Waals surface area contributed by atoms with Crippen LogP contribution in [0.25, 0.3) is 0 Å². The van der Waals surface area contributed by atoms with Gasteiger partial charge in [-0.15, -0.1) is 0 Å². The second-order valence-corrected chi connectivity index (χ2v) is 13.9. The summed E-state index contributed by atoms with van der Waals surface area (Å²) in [6.45, 7) is 3.36. The van der Waals surface area contributed by atoms with E-state index in [1.165, 1.54) is 24.1 Å². The Balaban J connectivity index is 1.72. The Morgan fingerprint density at radius 2 is 1.70 bits per heavy atom. The second-order valence-electron chi connectivity index (χ2n) is 10.7. The Bertz CT molecular complexity index is 1530. The number of hydrogen-bond donors (Lipinski definition) is 1. The summed E-state index contributed by atoms with van der Waals surface area (Å²) in [6, 6.07) is 17.7. The smallest absolute Gasteiger partial charge is 0.264 e. The lowest BCUT2D eigenvalue weighted by Crippen LogP contribution is -2.53. The maximum absolute atomic E-state index is 14.2. The quantitative estimate of drug-likeness (QED) is 0.235. The molecular weight excluding hydrogens is 654 g/mol. The number of sulfonamides is 1. The van der Waals surface area contributed by atoms with Crippen LogP contribution >= 0.6 is 27.5 Å². The Morgan fingerprint density at radius 1 is 1.05 bits per heavy atom. The van der Waals surface area contributed by atoms with Crippen molar-refractivity contribution < 1.29 is 22.7 Å². The molecule has 8 nitrogen and oxygen atoms in total. The summed E-state index contributed by atoms with van der Waals surface area (Å²) < 4.78 is 35.1. The summed E-state index contributed by atoms with van der Waals surface area (Å²) in [5.41, 5.74) is 2.05. The monoisotopic (exact) mass is 689 g/mol. The molecule has 0 radical (unpaired) electrons. The number of carbonyl (C=O) groups is 2. The number of carbonyl (C=O) groups excluding carboxylic acids is 2. The molecule has 0 aliphatic heterocycles. The van der Waals surface area contributed by atoms with Gasteiger partial charge >= 0.3 is 0 Å². The Labute approximate surface area is 267 Å². The lowest BCUT2D eigenvalue weighted by Gasteiger charge is -2.34. The highest BCUT2D eigenvalue weighted by Crippen LogP contribution is 2.31. The number of nitrogens with zero attached hydrogens (tertiary/aromatic N) is 2. The van der Waals surface area contributed by atoms with Crippen LogP contribution in [0.3, 0.4) is 0 Å². The van der Waals surface area contributed by atoms with E-state index in [9.17, 15) is 18.0 Å². The molecule has 0 unspecified atom stereocenters. The maximum Gasteiger partial charge on any atom is 0.264 e. The highest BCUT2D eigenvalue weighted by atomic mass is 79.9. The third-order valence-electron chi connectivity index (χ3n) is 7.67. The number of anilines is 1. The molecule has 1 aliphatic rings. The van der Waals surface area contributed by atoms with E-state index in [-0.39, 0.29) is 23.4 Å². The first-order valence-electron chi connectivity index (χ1n) is 14.3. The van der Waals surface area contributed by atoms with Gasteiger partial charge in [0.1, 0.15) is 18.3 Å². The summed E-state index contributed by atoms with van der Waals surface area (Å²) in [6.07, 6.45) is 4.29. The molecule has 230 valence electrons. The molecule has 1 saturated carbocycles. The van der Waals surface area contributed by atoms with E-state index >= 15 is 0 Å². The SMILES string of the molecule is CC[C@@H](C(=O)NC1CCCC1)N(Cc1ccc(Cl)cc1)C(=O)CN(c1ccc(C)cc1)S(=O)(=O)c1ccc(OC)c(Br)c1. The fraction of sp³-hybridized carbons (Fsp3) is 0.375. The van der Waals surface area contributed by atoms with Gasteiger partial charge in [-0.3, -0.25) is 13.9 Å². The number of rotatable bonds is 12. The molecular formula is C32H37BrClN3O5S. The normalized spacial score (nSPS) is 14.3. The second kappa shape index (κ2) is 14.6. The molecule has 0 heterocycles. The van der Waals surface area contributed by atoms with E-state index in [0.29, 0.717) is 27.4 Å². The van der Waals surface area contributed by atoms with E-state index in [2.05, 4.69) is 21.2 Å². The van der Waals surface area contributed by atoms with E-state index < -0.39 is 28.5 Å².